The standard InChI is InChI=1S/C15H18N2O/c1-2-16-9-10-17-15(18)14-8-7-12-5-3-4-6-13(12)11-14/h3-8,11,16H,2,9-10H2,1H3,(H,17,18). The van der Waals surface area contributed by atoms with Crippen LogP contribution >= 0.6 is 0 Å². The minimum atomic E-state index is -0.0151. The second kappa shape index (κ2) is 6.17. The molecule has 2 aromatic carbocycles. The highest BCUT2D eigenvalue weighted by Crippen LogP contribution is 2.15. The maximum atomic E-state index is 11.9. The predicted molar refractivity (Wildman–Crippen MR) is 74.8 cm³/mol. The molecule has 0 radical (unpaired) electrons. The molecular formula is C15H18N2O. The molecule has 2 N–H and O–H groups in total. The molecule has 3 nitrogen and oxygen atoms in total. The van der Waals surface area contributed by atoms with Crippen molar-refractivity contribution in [2.75, 3.05) is 19.6 Å². The molecule has 0 aromatic heterocycles. The zero-order valence-corrected chi connectivity index (χ0v) is 10.6. The average Bonchev–Trinajstić information content (AvgIpc) is 2.43. The minimum absolute atomic E-state index is 0.0151. The van der Waals surface area contributed by atoms with E-state index in [4.69, 9.17) is 0 Å². The Hall–Kier alpha value is -1.87. The van der Waals surface area contributed by atoms with Crippen LogP contribution in [-0.4, -0.2) is 25.5 Å². The number of hydrogen-bond acceptors (Lipinski definition) is 2. The number of hydrogen-bond donors (Lipinski definition) is 2. The van der Waals surface area contributed by atoms with Crippen LogP contribution in [0.25, 0.3) is 10.8 Å². The smallest absolute Gasteiger partial charge is 0.251 e. The number of rotatable bonds is 5. The molecule has 0 unspecified atom stereocenters. The lowest BCUT2D eigenvalue weighted by molar-refractivity contribution is 0.0954. The number of carbonyl (C=O) groups excluding carboxylic acids is 1. The molecule has 0 fully saturated rings. The van der Waals surface area contributed by atoms with Crippen LogP contribution in [0.2, 0.25) is 0 Å². The van der Waals surface area contributed by atoms with Gasteiger partial charge in [0.2, 0.25) is 0 Å². The van der Waals surface area contributed by atoms with Crippen LogP contribution in [-0.2, 0) is 0 Å². The molecular weight excluding hydrogens is 224 g/mol. The second-order valence-corrected chi connectivity index (χ2v) is 4.17. The van der Waals surface area contributed by atoms with Crippen LogP contribution in [0.5, 0.6) is 0 Å². The number of nitrogens with one attached hydrogen (secondary N) is 2. The van der Waals surface area contributed by atoms with Gasteiger partial charge in [-0.25, -0.2) is 0 Å². The summed E-state index contributed by atoms with van der Waals surface area (Å²) in [5.74, 6) is -0.0151. The van der Waals surface area contributed by atoms with Gasteiger partial charge in [0.1, 0.15) is 0 Å². The molecule has 0 aliphatic heterocycles. The Labute approximate surface area is 107 Å². The van der Waals surface area contributed by atoms with Gasteiger partial charge in [0.15, 0.2) is 0 Å². The van der Waals surface area contributed by atoms with E-state index in [1.807, 2.05) is 49.4 Å². The summed E-state index contributed by atoms with van der Waals surface area (Å²) >= 11 is 0. The molecule has 2 aromatic rings. The van der Waals surface area contributed by atoms with Crippen LogP contribution < -0.4 is 10.6 Å². The molecule has 0 saturated carbocycles. The van der Waals surface area contributed by atoms with Crippen molar-refractivity contribution in [2.24, 2.45) is 0 Å². The van der Waals surface area contributed by atoms with Crippen molar-refractivity contribution in [3.8, 4) is 0 Å². The molecule has 0 aliphatic rings. The highest BCUT2D eigenvalue weighted by molar-refractivity contribution is 5.98. The fourth-order valence-electron chi connectivity index (χ4n) is 1.87. The Morgan fingerprint density at radius 3 is 2.61 bits per heavy atom. The molecule has 0 spiro atoms. The van der Waals surface area contributed by atoms with Crippen LogP contribution in [0, 0.1) is 0 Å². The summed E-state index contributed by atoms with van der Waals surface area (Å²) in [6, 6.07) is 13.8. The van der Waals surface area contributed by atoms with Gasteiger partial charge >= 0.3 is 0 Å². The molecule has 0 heterocycles. The van der Waals surface area contributed by atoms with E-state index in [2.05, 4.69) is 10.6 Å². The Kier molecular flexibility index (Phi) is 4.31. The Morgan fingerprint density at radius 2 is 1.83 bits per heavy atom. The summed E-state index contributed by atoms with van der Waals surface area (Å²) in [6.07, 6.45) is 0. The van der Waals surface area contributed by atoms with E-state index in [9.17, 15) is 4.79 Å². The summed E-state index contributed by atoms with van der Waals surface area (Å²) in [4.78, 5) is 11.9. The topological polar surface area (TPSA) is 41.1 Å². The molecule has 0 bridgehead atoms. The Bertz CT molecular complexity index is 537. The van der Waals surface area contributed by atoms with Gasteiger partial charge in [0, 0.05) is 18.7 Å². The fourth-order valence-corrected chi connectivity index (χ4v) is 1.87. The lowest BCUT2D eigenvalue weighted by atomic mass is 10.1. The predicted octanol–water partition coefficient (Wildman–Crippen LogP) is 2.18. The zero-order chi connectivity index (χ0) is 12.8. The number of amides is 1. The Morgan fingerprint density at radius 1 is 1.06 bits per heavy atom. The van der Waals surface area contributed by atoms with Gasteiger partial charge < -0.3 is 10.6 Å². The molecule has 94 valence electrons. The zero-order valence-electron chi connectivity index (χ0n) is 10.6. The van der Waals surface area contributed by atoms with Crippen molar-refractivity contribution in [1.29, 1.82) is 0 Å². The largest absolute Gasteiger partial charge is 0.351 e. The van der Waals surface area contributed by atoms with Gasteiger partial charge in [0.25, 0.3) is 5.91 Å². The van der Waals surface area contributed by atoms with E-state index < -0.39 is 0 Å². The van der Waals surface area contributed by atoms with E-state index in [0.29, 0.717) is 12.1 Å². The van der Waals surface area contributed by atoms with Gasteiger partial charge in [-0.2, -0.15) is 0 Å². The highest BCUT2D eigenvalue weighted by Gasteiger charge is 2.04. The maximum Gasteiger partial charge on any atom is 0.251 e. The van der Waals surface area contributed by atoms with Gasteiger partial charge in [-0.1, -0.05) is 37.3 Å². The van der Waals surface area contributed by atoms with Crippen molar-refractivity contribution in [3.63, 3.8) is 0 Å². The average molecular weight is 242 g/mol. The first-order valence-electron chi connectivity index (χ1n) is 6.29. The minimum Gasteiger partial charge on any atom is -0.351 e. The number of carbonyl (C=O) groups is 1. The van der Waals surface area contributed by atoms with Crippen LogP contribution in [0.1, 0.15) is 17.3 Å². The van der Waals surface area contributed by atoms with Crippen molar-refractivity contribution >= 4 is 16.7 Å². The monoisotopic (exact) mass is 242 g/mol. The number of fused-ring (bicyclic) bond motifs is 1. The van der Waals surface area contributed by atoms with Gasteiger partial charge in [-0.3, -0.25) is 4.79 Å². The van der Waals surface area contributed by atoms with Crippen molar-refractivity contribution in [1.82, 2.24) is 10.6 Å². The molecule has 18 heavy (non-hydrogen) atoms. The summed E-state index contributed by atoms with van der Waals surface area (Å²) in [5.41, 5.74) is 0.713. The molecule has 0 aliphatic carbocycles. The first-order valence-corrected chi connectivity index (χ1v) is 6.29. The third-order valence-corrected chi connectivity index (χ3v) is 2.85. The second-order valence-electron chi connectivity index (χ2n) is 4.17. The molecule has 0 saturated heterocycles. The van der Waals surface area contributed by atoms with E-state index in [0.717, 1.165) is 23.9 Å². The summed E-state index contributed by atoms with van der Waals surface area (Å²) in [5, 5.41) is 8.32. The molecule has 0 atom stereocenters. The van der Waals surface area contributed by atoms with Crippen LogP contribution in [0.3, 0.4) is 0 Å². The van der Waals surface area contributed by atoms with E-state index in [1.54, 1.807) is 0 Å². The molecule has 2 rings (SSSR count). The Balaban J connectivity index is 2.04. The molecule has 1 amide bonds. The van der Waals surface area contributed by atoms with Crippen molar-refractivity contribution in [3.05, 3.63) is 48.0 Å². The summed E-state index contributed by atoms with van der Waals surface area (Å²) in [7, 11) is 0. The van der Waals surface area contributed by atoms with Gasteiger partial charge in [-0.05, 0) is 29.4 Å². The first kappa shape index (κ1) is 12.6. The van der Waals surface area contributed by atoms with Gasteiger partial charge in [0.05, 0.1) is 0 Å². The first-order chi connectivity index (χ1) is 8.81. The normalized spacial score (nSPS) is 10.5. The third-order valence-electron chi connectivity index (χ3n) is 2.85. The van der Waals surface area contributed by atoms with E-state index >= 15 is 0 Å². The number of benzene rings is 2. The van der Waals surface area contributed by atoms with Crippen LogP contribution in [0.4, 0.5) is 0 Å². The third kappa shape index (κ3) is 3.08. The number of likely N-dealkylation sites (N-methyl/N-ethyl adjacent to an activating group) is 1. The SMILES string of the molecule is CCNCCNC(=O)c1ccc2ccccc2c1. The lowest BCUT2D eigenvalue weighted by Crippen LogP contribution is -2.31. The summed E-state index contributed by atoms with van der Waals surface area (Å²) in [6.45, 7) is 4.42. The summed E-state index contributed by atoms with van der Waals surface area (Å²) < 4.78 is 0. The van der Waals surface area contributed by atoms with Crippen molar-refractivity contribution in [2.45, 2.75) is 6.92 Å². The molecule has 3 heteroatoms. The highest BCUT2D eigenvalue weighted by atomic mass is 16.1. The van der Waals surface area contributed by atoms with Crippen molar-refractivity contribution < 1.29 is 4.79 Å². The van der Waals surface area contributed by atoms with Gasteiger partial charge in [-0.15, -0.1) is 0 Å². The maximum absolute atomic E-state index is 11.9. The fraction of sp³-hybridized carbons (Fsp3) is 0.267. The van der Waals surface area contributed by atoms with E-state index in [-0.39, 0.29) is 5.91 Å². The lowest BCUT2D eigenvalue weighted by Gasteiger charge is -2.06. The van der Waals surface area contributed by atoms with Crippen LogP contribution in [0.15, 0.2) is 42.5 Å². The van der Waals surface area contributed by atoms with E-state index in [1.165, 1.54) is 0 Å². The quantitative estimate of drug-likeness (QED) is 0.789.